The maximum atomic E-state index is 11.7. The summed E-state index contributed by atoms with van der Waals surface area (Å²) in [7, 11) is 0. The van der Waals surface area contributed by atoms with Gasteiger partial charge in [0, 0.05) is 10.8 Å². The maximum Gasteiger partial charge on any atom is 0.326 e. The van der Waals surface area contributed by atoms with Gasteiger partial charge in [0.2, 0.25) is 5.91 Å². The zero-order valence-electron chi connectivity index (χ0n) is 10.8. The molecule has 0 radical (unpaired) electrons. The minimum atomic E-state index is -0.941. The molecule has 1 amide bonds. The highest BCUT2D eigenvalue weighted by molar-refractivity contribution is 7.99. The molecular weight excluding hydrogens is 298 g/mol. The Hall–Kier alpha value is -1.20. The van der Waals surface area contributed by atoms with Gasteiger partial charge in [0.05, 0.1) is 5.75 Å². The molecule has 1 unspecified atom stereocenters. The summed E-state index contributed by atoms with van der Waals surface area (Å²) in [5, 5.41) is 12.3. The lowest BCUT2D eigenvalue weighted by molar-refractivity contribution is -0.142. The Labute approximate surface area is 126 Å². The molecule has 1 atom stereocenters. The highest BCUT2D eigenvalue weighted by Crippen LogP contribution is 2.32. The number of amides is 1. The van der Waals surface area contributed by atoms with E-state index in [-0.39, 0.29) is 17.6 Å². The molecule has 0 aromatic heterocycles. The van der Waals surface area contributed by atoms with Crippen molar-refractivity contribution in [1.82, 2.24) is 5.32 Å². The fourth-order valence-electron chi connectivity index (χ4n) is 1.87. The molecule has 2 N–H and O–H groups in total. The van der Waals surface area contributed by atoms with Crippen molar-refractivity contribution in [3.8, 4) is 0 Å². The lowest BCUT2D eigenvalue weighted by Crippen LogP contribution is -2.43. The molecule has 1 aliphatic rings. The van der Waals surface area contributed by atoms with Gasteiger partial charge in [0.15, 0.2) is 0 Å². The number of hydrogen-bond donors (Lipinski definition) is 2. The minimum absolute atomic E-state index is 0.109. The van der Waals surface area contributed by atoms with Crippen LogP contribution in [0.15, 0.2) is 24.3 Å². The van der Waals surface area contributed by atoms with Gasteiger partial charge < -0.3 is 10.4 Å². The smallest absolute Gasteiger partial charge is 0.326 e. The molecule has 1 aromatic rings. The molecule has 1 aliphatic carbocycles. The SMILES string of the molecule is O=C(CSCc1ccc(Cl)cc1)NC(C(=O)O)C1CC1. The van der Waals surface area contributed by atoms with Crippen molar-refractivity contribution in [3.63, 3.8) is 0 Å². The third kappa shape index (κ3) is 4.72. The zero-order valence-corrected chi connectivity index (χ0v) is 12.4. The third-order valence-electron chi connectivity index (χ3n) is 3.09. The first-order valence-electron chi connectivity index (χ1n) is 6.40. The summed E-state index contributed by atoms with van der Waals surface area (Å²) in [5.74, 6) is -0.0882. The normalized spacial score (nSPS) is 15.7. The fraction of sp³-hybridized carbons (Fsp3) is 0.429. The molecule has 0 heterocycles. The topological polar surface area (TPSA) is 66.4 Å². The number of carbonyl (C=O) groups is 2. The Morgan fingerprint density at radius 3 is 2.55 bits per heavy atom. The molecule has 0 aliphatic heterocycles. The summed E-state index contributed by atoms with van der Waals surface area (Å²) >= 11 is 7.25. The molecule has 1 saturated carbocycles. The highest BCUT2D eigenvalue weighted by atomic mass is 35.5. The third-order valence-corrected chi connectivity index (χ3v) is 4.35. The number of benzene rings is 1. The van der Waals surface area contributed by atoms with Crippen molar-refractivity contribution in [1.29, 1.82) is 0 Å². The van der Waals surface area contributed by atoms with Crippen molar-refractivity contribution >= 4 is 35.2 Å². The Balaban J connectivity index is 1.72. The van der Waals surface area contributed by atoms with E-state index >= 15 is 0 Å². The van der Waals surface area contributed by atoms with Gasteiger partial charge in [-0.25, -0.2) is 4.79 Å². The molecule has 1 aromatic carbocycles. The van der Waals surface area contributed by atoms with Gasteiger partial charge in [0.1, 0.15) is 6.04 Å². The number of rotatable bonds is 7. The number of thioether (sulfide) groups is 1. The first kappa shape index (κ1) is 15.2. The quantitative estimate of drug-likeness (QED) is 0.812. The molecule has 0 bridgehead atoms. The molecule has 1 fully saturated rings. The number of carbonyl (C=O) groups excluding carboxylic acids is 1. The standard InChI is InChI=1S/C14H16ClNO3S/c15-11-5-1-9(2-6-11)7-20-8-12(17)16-13(14(18)19)10-3-4-10/h1-2,5-6,10,13H,3-4,7-8H2,(H,16,17)(H,18,19). The van der Waals surface area contributed by atoms with E-state index in [1.165, 1.54) is 11.8 Å². The van der Waals surface area contributed by atoms with Gasteiger partial charge in [0.25, 0.3) is 0 Å². The van der Waals surface area contributed by atoms with Gasteiger partial charge in [-0.2, -0.15) is 0 Å². The summed E-state index contributed by atoms with van der Waals surface area (Å²) in [5.41, 5.74) is 1.09. The monoisotopic (exact) mass is 313 g/mol. The van der Waals surface area contributed by atoms with Crippen molar-refractivity contribution in [2.75, 3.05) is 5.75 Å². The number of carboxylic acids is 1. The number of carboxylic acid groups (broad SMARTS) is 1. The predicted octanol–water partition coefficient (Wildman–Crippen LogP) is 2.55. The van der Waals surface area contributed by atoms with Crippen LogP contribution in [-0.2, 0) is 15.3 Å². The first-order chi connectivity index (χ1) is 9.56. The van der Waals surface area contributed by atoms with Crippen LogP contribution >= 0.6 is 23.4 Å². The van der Waals surface area contributed by atoms with E-state index in [4.69, 9.17) is 16.7 Å². The number of hydrogen-bond acceptors (Lipinski definition) is 3. The Kier molecular flexibility index (Phi) is 5.31. The van der Waals surface area contributed by atoms with E-state index in [0.717, 1.165) is 18.4 Å². The molecule has 20 heavy (non-hydrogen) atoms. The second kappa shape index (κ2) is 6.99. The van der Waals surface area contributed by atoms with Crippen molar-refractivity contribution in [2.24, 2.45) is 5.92 Å². The van der Waals surface area contributed by atoms with Crippen LogP contribution in [0, 0.1) is 5.92 Å². The van der Waals surface area contributed by atoms with E-state index in [1.54, 1.807) is 0 Å². The first-order valence-corrected chi connectivity index (χ1v) is 7.94. The van der Waals surface area contributed by atoms with Gasteiger partial charge in [-0.15, -0.1) is 11.8 Å². The molecule has 2 rings (SSSR count). The van der Waals surface area contributed by atoms with E-state index in [9.17, 15) is 9.59 Å². The Morgan fingerprint density at radius 2 is 2.00 bits per heavy atom. The molecular formula is C14H16ClNO3S. The zero-order chi connectivity index (χ0) is 14.5. The van der Waals surface area contributed by atoms with E-state index in [2.05, 4.69) is 5.32 Å². The molecule has 0 saturated heterocycles. The van der Waals surface area contributed by atoms with Crippen LogP contribution in [0.25, 0.3) is 0 Å². The van der Waals surface area contributed by atoms with Crippen LogP contribution in [0.5, 0.6) is 0 Å². The summed E-state index contributed by atoms with van der Waals surface area (Å²) < 4.78 is 0. The lowest BCUT2D eigenvalue weighted by Gasteiger charge is -2.13. The van der Waals surface area contributed by atoms with E-state index in [0.29, 0.717) is 10.8 Å². The number of aliphatic carboxylic acids is 1. The van der Waals surface area contributed by atoms with E-state index in [1.807, 2.05) is 24.3 Å². The second-order valence-corrected chi connectivity index (χ2v) is 6.26. The van der Waals surface area contributed by atoms with Crippen LogP contribution in [-0.4, -0.2) is 28.8 Å². The van der Waals surface area contributed by atoms with Crippen LogP contribution in [0.3, 0.4) is 0 Å². The average molecular weight is 314 g/mol. The minimum Gasteiger partial charge on any atom is -0.480 e. The summed E-state index contributed by atoms with van der Waals surface area (Å²) in [6.07, 6.45) is 1.77. The van der Waals surface area contributed by atoms with Crippen LogP contribution < -0.4 is 5.32 Å². The van der Waals surface area contributed by atoms with Crippen molar-refractivity contribution < 1.29 is 14.7 Å². The van der Waals surface area contributed by atoms with Gasteiger partial charge in [-0.1, -0.05) is 23.7 Å². The predicted molar refractivity (Wildman–Crippen MR) is 79.9 cm³/mol. The fourth-order valence-corrected chi connectivity index (χ4v) is 2.79. The second-order valence-electron chi connectivity index (χ2n) is 4.84. The van der Waals surface area contributed by atoms with Crippen LogP contribution in [0.1, 0.15) is 18.4 Å². The molecule has 108 valence electrons. The number of nitrogens with one attached hydrogen (secondary N) is 1. The summed E-state index contributed by atoms with van der Waals surface area (Å²) in [6.45, 7) is 0. The number of halogens is 1. The summed E-state index contributed by atoms with van der Waals surface area (Å²) in [6, 6.07) is 6.73. The summed E-state index contributed by atoms with van der Waals surface area (Å²) in [4.78, 5) is 22.7. The van der Waals surface area contributed by atoms with Crippen LogP contribution in [0.2, 0.25) is 5.02 Å². The van der Waals surface area contributed by atoms with Gasteiger partial charge in [-0.05, 0) is 36.5 Å². The molecule has 6 heteroatoms. The van der Waals surface area contributed by atoms with Gasteiger partial charge in [-0.3, -0.25) is 4.79 Å². The average Bonchev–Trinajstić information content (AvgIpc) is 3.22. The van der Waals surface area contributed by atoms with Crippen molar-refractivity contribution in [3.05, 3.63) is 34.9 Å². The Morgan fingerprint density at radius 1 is 1.35 bits per heavy atom. The van der Waals surface area contributed by atoms with E-state index < -0.39 is 12.0 Å². The van der Waals surface area contributed by atoms with Crippen LogP contribution in [0.4, 0.5) is 0 Å². The highest BCUT2D eigenvalue weighted by Gasteiger charge is 2.37. The van der Waals surface area contributed by atoms with Gasteiger partial charge >= 0.3 is 5.97 Å². The molecule has 0 spiro atoms. The largest absolute Gasteiger partial charge is 0.480 e. The Bertz CT molecular complexity index is 488. The maximum absolute atomic E-state index is 11.7. The lowest BCUT2D eigenvalue weighted by atomic mass is 10.2. The van der Waals surface area contributed by atoms with Crippen molar-refractivity contribution in [2.45, 2.75) is 24.6 Å². The molecule has 4 nitrogen and oxygen atoms in total.